The average Bonchev–Trinajstić information content (AvgIpc) is 2.69. The first-order valence-electron chi connectivity index (χ1n) is 5.52. The van der Waals surface area contributed by atoms with Gasteiger partial charge in [-0.05, 0) is 24.4 Å². The number of hydrogen-bond donors (Lipinski definition) is 1. The molecule has 0 saturated carbocycles. The SMILES string of the molecule is Fc1cc(F)c(F)c(-n2c(=S)[nH]c3ccc(F)cc32)c1. The first kappa shape index (κ1) is 12.9. The van der Waals surface area contributed by atoms with Crippen molar-refractivity contribution in [3.8, 4) is 5.69 Å². The number of benzene rings is 2. The van der Waals surface area contributed by atoms with E-state index in [4.69, 9.17) is 12.2 Å². The minimum absolute atomic E-state index is 0.00880. The predicted molar refractivity (Wildman–Crippen MR) is 68.3 cm³/mol. The van der Waals surface area contributed by atoms with Crippen LogP contribution in [0.15, 0.2) is 30.3 Å². The number of aromatic amines is 1. The van der Waals surface area contributed by atoms with Gasteiger partial charge < -0.3 is 4.98 Å². The summed E-state index contributed by atoms with van der Waals surface area (Å²) in [5.41, 5.74) is 0.212. The zero-order chi connectivity index (χ0) is 14.4. The number of fused-ring (bicyclic) bond motifs is 1. The van der Waals surface area contributed by atoms with Gasteiger partial charge in [-0.15, -0.1) is 0 Å². The van der Waals surface area contributed by atoms with Crippen molar-refractivity contribution >= 4 is 23.3 Å². The smallest absolute Gasteiger partial charge is 0.183 e. The van der Waals surface area contributed by atoms with Crippen LogP contribution in [0, 0.1) is 28.0 Å². The van der Waals surface area contributed by atoms with Gasteiger partial charge in [0.25, 0.3) is 0 Å². The fraction of sp³-hybridized carbons (Fsp3) is 0. The molecule has 0 aliphatic rings. The van der Waals surface area contributed by atoms with Gasteiger partial charge >= 0.3 is 0 Å². The van der Waals surface area contributed by atoms with Crippen LogP contribution < -0.4 is 0 Å². The van der Waals surface area contributed by atoms with E-state index in [-0.39, 0.29) is 10.3 Å². The van der Waals surface area contributed by atoms with Crippen LogP contribution in [0.5, 0.6) is 0 Å². The molecule has 0 radical (unpaired) electrons. The number of rotatable bonds is 1. The van der Waals surface area contributed by atoms with Crippen LogP contribution in [0.4, 0.5) is 17.6 Å². The molecule has 7 heteroatoms. The number of halogens is 4. The molecule has 3 aromatic rings. The van der Waals surface area contributed by atoms with Gasteiger partial charge in [-0.1, -0.05) is 0 Å². The molecule has 0 atom stereocenters. The zero-order valence-corrected chi connectivity index (χ0v) is 10.6. The summed E-state index contributed by atoms with van der Waals surface area (Å²) in [5, 5.41) is 0. The summed E-state index contributed by atoms with van der Waals surface area (Å²) in [6.45, 7) is 0. The third kappa shape index (κ3) is 1.90. The Morgan fingerprint density at radius 3 is 2.45 bits per heavy atom. The summed E-state index contributed by atoms with van der Waals surface area (Å²) in [6.07, 6.45) is 0. The van der Waals surface area contributed by atoms with Gasteiger partial charge in [0.1, 0.15) is 11.6 Å². The van der Waals surface area contributed by atoms with Crippen LogP contribution in [-0.2, 0) is 0 Å². The highest BCUT2D eigenvalue weighted by molar-refractivity contribution is 7.71. The Balaban J connectivity index is 2.43. The summed E-state index contributed by atoms with van der Waals surface area (Å²) in [5.74, 6) is -4.12. The topological polar surface area (TPSA) is 20.7 Å². The minimum atomic E-state index is -1.34. The number of nitrogens with zero attached hydrogens (tertiary/aromatic N) is 1. The average molecular weight is 298 g/mol. The zero-order valence-electron chi connectivity index (χ0n) is 9.75. The number of imidazole rings is 1. The van der Waals surface area contributed by atoms with Crippen molar-refractivity contribution in [1.82, 2.24) is 9.55 Å². The number of nitrogens with one attached hydrogen (secondary N) is 1. The molecule has 0 saturated heterocycles. The van der Waals surface area contributed by atoms with Crippen molar-refractivity contribution in [2.24, 2.45) is 0 Å². The lowest BCUT2D eigenvalue weighted by molar-refractivity contribution is 0.491. The maximum absolute atomic E-state index is 13.8. The second-order valence-electron chi connectivity index (χ2n) is 4.15. The van der Waals surface area contributed by atoms with Crippen LogP contribution >= 0.6 is 12.2 Å². The summed E-state index contributed by atoms with van der Waals surface area (Å²) in [7, 11) is 0. The maximum atomic E-state index is 13.8. The number of hydrogen-bond acceptors (Lipinski definition) is 1. The fourth-order valence-corrected chi connectivity index (χ4v) is 2.33. The molecule has 1 aromatic heterocycles. The van der Waals surface area contributed by atoms with Crippen LogP contribution in [0.3, 0.4) is 0 Å². The first-order valence-corrected chi connectivity index (χ1v) is 5.93. The number of H-pyrrole nitrogens is 1. The van der Waals surface area contributed by atoms with Crippen molar-refractivity contribution < 1.29 is 17.6 Å². The van der Waals surface area contributed by atoms with Gasteiger partial charge in [0.15, 0.2) is 16.4 Å². The predicted octanol–water partition coefficient (Wildman–Crippen LogP) is 4.24. The van der Waals surface area contributed by atoms with Gasteiger partial charge in [0, 0.05) is 18.2 Å². The Morgan fingerprint density at radius 1 is 0.950 bits per heavy atom. The van der Waals surface area contributed by atoms with E-state index < -0.39 is 29.0 Å². The molecule has 1 heterocycles. The number of aromatic nitrogens is 2. The van der Waals surface area contributed by atoms with Crippen molar-refractivity contribution in [1.29, 1.82) is 0 Å². The first-order chi connectivity index (χ1) is 9.47. The summed E-state index contributed by atoms with van der Waals surface area (Å²) in [4.78, 5) is 2.72. The molecule has 1 N–H and O–H groups in total. The Morgan fingerprint density at radius 2 is 1.70 bits per heavy atom. The Hall–Kier alpha value is -2.15. The molecule has 102 valence electrons. The van der Waals surface area contributed by atoms with E-state index >= 15 is 0 Å². The molecule has 2 aromatic carbocycles. The van der Waals surface area contributed by atoms with E-state index in [1.807, 2.05) is 0 Å². The van der Waals surface area contributed by atoms with Crippen LogP contribution in [0.1, 0.15) is 0 Å². The van der Waals surface area contributed by atoms with Crippen LogP contribution in [0.25, 0.3) is 16.7 Å². The lowest BCUT2D eigenvalue weighted by Gasteiger charge is -2.07. The molecule has 2 nitrogen and oxygen atoms in total. The lowest BCUT2D eigenvalue weighted by atomic mass is 10.2. The molecule has 20 heavy (non-hydrogen) atoms. The van der Waals surface area contributed by atoms with Crippen molar-refractivity contribution in [3.05, 3.63) is 58.4 Å². The van der Waals surface area contributed by atoms with Crippen molar-refractivity contribution in [3.63, 3.8) is 0 Å². The summed E-state index contributed by atoms with van der Waals surface area (Å²) < 4.78 is 54.8. The Labute approximate surface area is 115 Å². The van der Waals surface area contributed by atoms with Gasteiger partial charge in [-0.2, -0.15) is 0 Å². The molecule has 0 fully saturated rings. The van der Waals surface area contributed by atoms with Gasteiger partial charge in [-0.3, -0.25) is 4.57 Å². The highest BCUT2D eigenvalue weighted by atomic mass is 32.1. The molecule has 0 aliphatic carbocycles. The third-order valence-corrected chi connectivity index (χ3v) is 3.14. The van der Waals surface area contributed by atoms with Gasteiger partial charge in [-0.25, -0.2) is 17.6 Å². The lowest BCUT2D eigenvalue weighted by Crippen LogP contribution is -2.01. The van der Waals surface area contributed by atoms with Gasteiger partial charge in [0.2, 0.25) is 0 Å². The third-order valence-electron chi connectivity index (χ3n) is 2.86. The second kappa shape index (κ2) is 4.45. The molecule has 0 aliphatic heterocycles. The van der Waals surface area contributed by atoms with E-state index in [1.54, 1.807) is 0 Å². The molecular weight excluding hydrogens is 292 g/mol. The van der Waals surface area contributed by atoms with Crippen LogP contribution in [0.2, 0.25) is 0 Å². The molecular formula is C13H6F4N2S. The molecule has 3 rings (SSSR count). The normalized spacial score (nSPS) is 11.2. The second-order valence-corrected chi connectivity index (χ2v) is 4.53. The Bertz CT molecular complexity index is 882. The highest BCUT2D eigenvalue weighted by Crippen LogP contribution is 2.24. The van der Waals surface area contributed by atoms with E-state index in [0.717, 1.165) is 16.7 Å². The van der Waals surface area contributed by atoms with Crippen LogP contribution in [-0.4, -0.2) is 9.55 Å². The van der Waals surface area contributed by atoms with E-state index in [9.17, 15) is 17.6 Å². The van der Waals surface area contributed by atoms with Crippen molar-refractivity contribution in [2.75, 3.05) is 0 Å². The monoisotopic (exact) mass is 298 g/mol. The summed E-state index contributed by atoms with van der Waals surface area (Å²) >= 11 is 5.00. The van der Waals surface area contributed by atoms with Gasteiger partial charge in [0.05, 0.1) is 16.7 Å². The van der Waals surface area contributed by atoms with Crippen molar-refractivity contribution in [2.45, 2.75) is 0 Å². The summed E-state index contributed by atoms with van der Waals surface area (Å²) in [6, 6.07) is 4.93. The molecule has 0 amide bonds. The fourth-order valence-electron chi connectivity index (χ4n) is 2.02. The van der Waals surface area contributed by atoms with E-state index in [2.05, 4.69) is 4.98 Å². The largest absolute Gasteiger partial charge is 0.330 e. The van der Waals surface area contributed by atoms with E-state index in [0.29, 0.717) is 11.6 Å². The highest BCUT2D eigenvalue weighted by Gasteiger charge is 2.16. The quantitative estimate of drug-likeness (QED) is 0.405. The van der Waals surface area contributed by atoms with E-state index in [1.165, 1.54) is 12.1 Å². The minimum Gasteiger partial charge on any atom is -0.330 e. The maximum Gasteiger partial charge on any atom is 0.183 e. The Kier molecular flexibility index (Phi) is 2.86. The molecule has 0 spiro atoms. The molecule has 0 bridgehead atoms. The standard InChI is InChI=1S/C13H6F4N2S/c14-6-1-2-9-10(4-6)19(13(20)18-9)11-5-7(15)3-8(16)12(11)17/h1-5H,(H,18,20). The molecule has 0 unspecified atom stereocenters.